The molecule has 3 heterocycles. The van der Waals surface area contributed by atoms with Gasteiger partial charge >= 0.3 is 0 Å². The fourth-order valence-corrected chi connectivity index (χ4v) is 3.20. The van der Waals surface area contributed by atoms with Crippen LogP contribution in [0.5, 0.6) is 0 Å². The smallest absolute Gasteiger partial charge is 0.273 e. The molecule has 27 heavy (non-hydrogen) atoms. The number of aromatic nitrogens is 1. The number of benzene rings is 1. The minimum absolute atomic E-state index is 0.237. The molecule has 0 atom stereocenters. The molecule has 3 aromatic rings. The monoisotopic (exact) mass is 366 g/mol. The van der Waals surface area contributed by atoms with Crippen LogP contribution >= 0.6 is 0 Å². The van der Waals surface area contributed by atoms with Gasteiger partial charge in [0.25, 0.3) is 5.91 Å². The van der Waals surface area contributed by atoms with E-state index >= 15 is 0 Å². The van der Waals surface area contributed by atoms with E-state index in [0.29, 0.717) is 18.1 Å². The normalized spacial score (nSPS) is 15.0. The van der Waals surface area contributed by atoms with Gasteiger partial charge in [-0.25, -0.2) is 0 Å². The second-order valence-corrected chi connectivity index (χ2v) is 6.47. The molecule has 4 rings (SSSR count). The van der Waals surface area contributed by atoms with Crippen molar-refractivity contribution in [2.45, 2.75) is 0 Å². The number of para-hydroxylation sites is 1. The van der Waals surface area contributed by atoms with Crippen LogP contribution in [-0.2, 0) is 0 Å². The summed E-state index contributed by atoms with van der Waals surface area (Å²) in [7, 11) is 0. The number of amides is 1. The van der Waals surface area contributed by atoms with Crippen LogP contribution in [0.2, 0.25) is 0 Å². The second-order valence-electron chi connectivity index (χ2n) is 6.47. The minimum atomic E-state index is -0.237. The quantitative estimate of drug-likeness (QED) is 0.722. The lowest BCUT2D eigenvalue weighted by molar-refractivity contribution is 0.0939. The van der Waals surface area contributed by atoms with Crippen molar-refractivity contribution in [1.29, 1.82) is 0 Å². The number of nitrogens with zero attached hydrogens (tertiary/aromatic N) is 3. The number of hydrogen-bond donors (Lipinski definition) is 1. The zero-order valence-electron chi connectivity index (χ0n) is 15.0. The third kappa shape index (κ3) is 4.20. The van der Waals surface area contributed by atoms with Crippen molar-refractivity contribution in [3.8, 4) is 11.5 Å². The molecule has 0 spiro atoms. The summed E-state index contributed by atoms with van der Waals surface area (Å²) in [5, 5.41) is 6.71. The van der Waals surface area contributed by atoms with Gasteiger partial charge in [-0.05, 0) is 24.3 Å². The molecule has 0 saturated carbocycles. The lowest BCUT2D eigenvalue weighted by Gasteiger charge is -2.36. The first-order chi connectivity index (χ1) is 13.3. The highest BCUT2D eigenvalue weighted by Gasteiger charge is 2.18. The second kappa shape index (κ2) is 8.09. The Kier molecular flexibility index (Phi) is 5.20. The summed E-state index contributed by atoms with van der Waals surface area (Å²) in [6.45, 7) is 5.35. The Morgan fingerprint density at radius 1 is 1.04 bits per heavy atom. The Bertz CT molecular complexity index is 853. The lowest BCUT2D eigenvalue weighted by atomic mass is 10.2. The number of piperazine rings is 1. The topological polar surface area (TPSA) is 74.8 Å². The zero-order chi connectivity index (χ0) is 18.5. The summed E-state index contributed by atoms with van der Waals surface area (Å²) in [4.78, 5) is 17.0. The van der Waals surface area contributed by atoms with Gasteiger partial charge in [0, 0.05) is 51.0 Å². The largest absolute Gasteiger partial charge is 0.461 e. The zero-order valence-corrected chi connectivity index (χ0v) is 15.0. The number of carbonyl (C=O) groups is 1. The number of hydrogen-bond acceptors (Lipinski definition) is 6. The van der Waals surface area contributed by atoms with Gasteiger partial charge in [-0.3, -0.25) is 9.69 Å². The van der Waals surface area contributed by atoms with Gasteiger partial charge in [0.1, 0.15) is 0 Å². The summed E-state index contributed by atoms with van der Waals surface area (Å²) in [5.41, 5.74) is 1.53. The standard InChI is InChI=1S/C20H22N4O3/c25-20(17-15-19(27-22-17)18-7-4-14-26-18)21-8-9-23-10-12-24(13-11-23)16-5-2-1-3-6-16/h1-7,14-15H,8-13H2,(H,21,25). The molecule has 1 N–H and O–H groups in total. The van der Waals surface area contributed by atoms with E-state index in [2.05, 4.69) is 44.5 Å². The first-order valence-corrected chi connectivity index (χ1v) is 9.11. The summed E-state index contributed by atoms with van der Waals surface area (Å²) in [6.07, 6.45) is 1.55. The van der Waals surface area contributed by atoms with Gasteiger partial charge in [0.2, 0.25) is 5.76 Å². The molecule has 7 heteroatoms. The van der Waals surface area contributed by atoms with Crippen molar-refractivity contribution in [2.75, 3.05) is 44.2 Å². The van der Waals surface area contributed by atoms with Crippen molar-refractivity contribution in [1.82, 2.24) is 15.4 Å². The number of nitrogens with one attached hydrogen (secondary N) is 1. The Morgan fingerprint density at radius 3 is 2.59 bits per heavy atom. The Balaban J connectivity index is 1.21. The molecule has 1 aliphatic rings. The van der Waals surface area contributed by atoms with Gasteiger partial charge in [-0.1, -0.05) is 23.4 Å². The van der Waals surface area contributed by atoms with Crippen LogP contribution < -0.4 is 10.2 Å². The van der Waals surface area contributed by atoms with Gasteiger partial charge in [-0.2, -0.15) is 0 Å². The molecule has 1 fully saturated rings. The number of anilines is 1. The average Bonchev–Trinajstić information content (AvgIpc) is 3.41. The van der Waals surface area contributed by atoms with E-state index < -0.39 is 0 Å². The molecule has 1 saturated heterocycles. The third-order valence-electron chi connectivity index (χ3n) is 4.71. The SMILES string of the molecule is O=C(NCCN1CCN(c2ccccc2)CC1)c1cc(-c2ccco2)on1. The van der Waals surface area contributed by atoms with E-state index in [1.54, 1.807) is 24.5 Å². The maximum absolute atomic E-state index is 12.2. The van der Waals surface area contributed by atoms with Crippen molar-refractivity contribution in [3.05, 3.63) is 60.5 Å². The van der Waals surface area contributed by atoms with E-state index in [9.17, 15) is 4.79 Å². The first kappa shape index (κ1) is 17.4. The number of furan rings is 1. The van der Waals surface area contributed by atoms with E-state index in [-0.39, 0.29) is 11.6 Å². The number of carbonyl (C=O) groups excluding carboxylic acids is 1. The Labute approximate surface area is 157 Å². The fourth-order valence-electron chi connectivity index (χ4n) is 3.20. The van der Waals surface area contributed by atoms with Crippen LogP contribution in [-0.4, -0.2) is 55.2 Å². The van der Waals surface area contributed by atoms with Crippen molar-refractivity contribution in [2.24, 2.45) is 0 Å². The summed E-state index contributed by atoms with van der Waals surface area (Å²) < 4.78 is 10.4. The molecule has 1 aromatic carbocycles. The van der Waals surface area contributed by atoms with Crippen molar-refractivity contribution >= 4 is 11.6 Å². The maximum Gasteiger partial charge on any atom is 0.273 e. The number of rotatable bonds is 6. The Morgan fingerprint density at radius 2 is 1.85 bits per heavy atom. The lowest BCUT2D eigenvalue weighted by Crippen LogP contribution is -2.48. The highest BCUT2D eigenvalue weighted by atomic mass is 16.5. The van der Waals surface area contributed by atoms with Crippen molar-refractivity contribution in [3.63, 3.8) is 0 Å². The van der Waals surface area contributed by atoms with E-state index in [1.807, 2.05) is 6.07 Å². The molecule has 0 radical (unpaired) electrons. The van der Waals surface area contributed by atoms with Gasteiger partial charge in [0.15, 0.2) is 11.5 Å². The van der Waals surface area contributed by atoms with Crippen molar-refractivity contribution < 1.29 is 13.7 Å². The molecule has 1 aliphatic heterocycles. The molecule has 140 valence electrons. The minimum Gasteiger partial charge on any atom is -0.461 e. The first-order valence-electron chi connectivity index (χ1n) is 9.11. The van der Waals surface area contributed by atoms with E-state index in [1.165, 1.54) is 5.69 Å². The van der Waals surface area contributed by atoms with Crippen LogP contribution in [0.4, 0.5) is 5.69 Å². The highest BCUT2D eigenvalue weighted by molar-refractivity contribution is 5.92. The fraction of sp³-hybridized carbons (Fsp3) is 0.300. The highest BCUT2D eigenvalue weighted by Crippen LogP contribution is 2.20. The van der Waals surface area contributed by atoms with Gasteiger partial charge in [0.05, 0.1) is 6.26 Å². The molecule has 2 aromatic heterocycles. The molecular weight excluding hydrogens is 344 g/mol. The Hall–Kier alpha value is -3.06. The summed E-state index contributed by atoms with van der Waals surface area (Å²) in [6, 6.07) is 15.6. The van der Waals surface area contributed by atoms with Crippen LogP contribution in [0.3, 0.4) is 0 Å². The third-order valence-corrected chi connectivity index (χ3v) is 4.71. The predicted molar refractivity (Wildman–Crippen MR) is 102 cm³/mol. The van der Waals surface area contributed by atoms with Crippen LogP contribution in [0.15, 0.2) is 63.7 Å². The van der Waals surface area contributed by atoms with Crippen LogP contribution in [0.25, 0.3) is 11.5 Å². The van der Waals surface area contributed by atoms with Crippen LogP contribution in [0.1, 0.15) is 10.5 Å². The van der Waals surface area contributed by atoms with Gasteiger partial charge in [-0.15, -0.1) is 0 Å². The van der Waals surface area contributed by atoms with Gasteiger partial charge < -0.3 is 19.2 Å². The van der Waals surface area contributed by atoms with Crippen LogP contribution in [0, 0.1) is 0 Å². The molecule has 0 unspecified atom stereocenters. The van der Waals surface area contributed by atoms with E-state index in [0.717, 1.165) is 32.7 Å². The average molecular weight is 366 g/mol. The summed E-state index contributed by atoms with van der Waals surface area (Å²) in [5.74, 6) is 0.763. The summed E-state index contributed by atoms with van der Waals surface area (Å²) >= 11 is 0. The molecule has 0 aliphatic carbocycles. The predicted octanol–water partition coefficient (Wildman–Crippen LogP) is 2.49. The van der Waals surface area contributed by atoms with E-state index in [4.69, 9.17) is 8.94 Å². The molecular formula is C20H22N4O3. The molecule has 1 amide bonds. The molecule has 7 nitrogen and oxygen atoms in total. The molecule has 0 bridgehead atoms. The maximum atomic E-state index is 12.2.